The molecular weight excluding hydrogens is 328 g/mol. The molecule has 0 aliphatic carbocycles. The Labute approximate surface area is 155 Å². The average Bonchev–Trinajstić information content (AvgIpc) is 3.26. The molecular formula is C20H28N4O2. The highest BCUT2D eigenvalue weighted by molar-refractivity contribution is 5.74. The fourth-order valence-electron chi connectivity index (χ4n) is 3.43. The number of nitrogens with zero attached hydrogens (tertiary/aromatic N) is 3. The van der Waals surface area contributed by atoms with Gasteiger partial charge in [-0.15, -0.1) is 0 Å². The minimum atomic E-state index is -0.0840. The van der Waals surface area contributed by atoms with Crippen LogP contribution in [0.15, 0.2) is 30.3 Å². The van der Waals surface area contributed by atoms with Crippen molar-refractivity contribution in [2.24, 2.45) is 0 Å². The van der Waals surface area contributed by atoms with Gasteiger partial charge in [-0.3, -0.25) is 0 Å². The Balaban J connectivity index is 1.68. The van der Waals surface area contributed by atoms with E-state index in [9.17, 15) is 4.79 Å². The van der Waals surface area contributed by atoms with Crippen LogP contribution in [0.1, 0.15) is 36.7 Å². The molecule has 1 aliphatic heterocycles. The van der Waals surface area contributed by atoms with Gasteiger partial charge in [-0.05, 0) is 45.7 Å². The minimum absolute atomic E-state index is 0.0154. The molecule has 0 radical (unpaired) electrons. The Kier molecular flexibility index (Phi) is 5.61. The van der Waals surface area contributed by atoms with Crippen molar-refractivity contribution in [3.8, 4) is 5.69 Å². The van der Waals surface area contributed by atoms with Gasteiger partial charge in [0, 0.05) is 24.9 Å². The summed E-state index contributed by atoms with van der Waals surface area (Å²) < 4.78 is 7.59. The van der Waals surface area contributed by atoms with E-state index in [0.717, 1.165) is 42.1 Å². The topological polar surface area (TPSA) is 59.4 Å². The summed E-state index contributed by atoms with van der Waals surface area (Å²) in [5.41, 5.74) is 4.11. The van der Waals surface area contributed by atoms with E-state index in [4.69, 9.17) is 4.74 Å². The number of ether oxygens (including phenoxy) is 1. The fourth-order valence-corrected chi connectivity index (χ4v) is 3.43. The Morgan fingerprint density at radius 2 is 2.12 bits per heavy atom. The van der Waals surface area contributed by atoms with Gasteiger partial charge in [0.05, 0.1) is 30.1 Å². The zero-order valence-electron chi connectivity index (χ0n) is 16.0. The van der Waals surface area contributed by atoms with Crippen molar-refractivity contribution in [2.45, 2.75) is 52.3 Å². The standard InChI is InChI=1S/C20H28N4O2/c1-14-18(16(3)24(22-14)17-9-6-5-7-10-17)13-23(4)20(25)21-15(2)19-11-8-12-26-19/h5-7,9-10,15,19H,8,11-13H2,1-4H3,(H,21,25)/t15-,19-/m0/s1. The normalized spacial score (nSPS) is 17.9. The molecule has 0 unspecified atom stereocenters. The van der Waals surface area contributed by atoms with Gasteiger partial charge >= 0.3 is 6.03 Å². The first-order chi connectivity index (χ1) is 12.5. The summed E-state index contributed by atoms with van der Waals surface area (Å²) in [7, 11) is 1.82. The van der Waals surface area contributed by atoms with Crippen molar-refractivity contribution in [3.63, 3.8) is 0 Å². The lowest BCUT2D eigenvalue weighted by Crippen LogP contribution is -2.46. The van der Waals surface area contributed by atoms with Crippen molar-refractivity contribution >= 4 is 6.03 Å². The molecule has 3 rings (SSSR count). The molecule has 0 spiro atoms. The number of hydrogen-bond acceptors (Lipinski definition) is 3. The molecule has 1 aromatic carbocycles. The number of nitrogens with one attached hydrogen (secondary N) is 1. The summed E-state index contributed by atoms with van der Waals surface area (Å²) in [6.07, 6.45) is 2.20. The SMILES string of the molecule is Cc1nn(-c2ccccc2)c(C)c1CN(C)C(=O)N[C@@H](C)[C@@H]1CCCO1. The van der Waals surface area contributed by atoms with Crippen molar-refractivity contribution in [1.82, 2.24) is 20.0 Å². The summed E-state index contributed by atoms with van der Waals surface area (Å²) in [5, 5.41) is 7.71. The van der Waals surface area contributed by atoms with E-state index in [1.807, 2.05) is 62.8 Å². The van der Waals surface area contributed by atoms with Crippen LogP contribution in [0.3, 0.4) is 0 Å². The molecule has 0 saturated carbocycles. The third kappa shape index (κ3) is 3.90. The van der Waals surface area contributed by atoms with Gasteiger partial charge in [-0.1, -0.05) is 18.2 Å². The number of aromatic nitrogens is 2. The Morgan fingerprint density at radius 3 is 2.77 bits per heavy atom. The van der Waals surface area contributed by atoms with Crippen LogP contribution in [0.4, 0.5) is 4.79 Å². The molecule has 2 aromatic rings. The second-order valence-electron chi connectivity index (χ2n) is 7.04. The monoisotopic (exact) mass is 356 g/mol. The third-order valence-corrected chi connectivity index (χ3v) is 5.06. The molecule has 2 heterocycles. The van der Waals surface area contributed by atoms with Crippen LogP contribution in [0.2, 0.25) is 0 Å². The number of benzene rings is 1. The highest BCUT2D eigenvalue weighted by Gasteiger charge is 2.25. The number of hydrogen-bond donors (Lipinski definition) is 1. The maximum absolute atomic E-state index is 12.5. The maximum atomic E-state index is 12.5. The number of urea groups is 1. The third-order valence-electron chi connectivity index (χ3n) is 5.06. The molecule has 1 fully saturated rings. The quantitative estimate of drug-likeness (QED) is 0.895. The van der Waals surface area contributed by atoms with Gasteiger partial charge in [0.25, 0.3) is 0 Å². The first-order valence-electron chi connectivity index (χ1n) is 9.21. The molecule has 1 N–H and O–H groups in total. The van der Waals surface area contributed by atoms with E-state index < -0.39 is 0 Å². The predicted octanol–water partition coefficient (Wildman–Crippen LogP) is 3.20. The Morgan fingerprint density at radius 1 is 1.38 bits per heavy atom. The lowest BCUT2D eigenvalue weighted by atomic mass is 10.1. The van der Waals surface area contributed by atoms with Crippen LogP contribution in [0.5, 0.6) is 0 Å². The van der Waals surface area contributed by atoms with E-state index >= 15 is 0 Å². The van der Waals surface area contributed by atoms with E-state index in [2.05, 4.69) is 10.4 Å². The van der Waals surface area contributed by atoms with E-state index in [-0.39, 0.29) is 18.2 Å². The summed E-state index contributed by atoms with van der Waals surface area (Å²) in [5.74, 6) is 0. The zero-order valence-corrected chi connectivity index (χ0v) is 16.0. The smallest absolute Gasteiger partial charge is 0.317 e. The van der Waals surface area contributed by atoms with E-state index in [1.54, 1.807) is 4.90 Å². The summed E-state index contributed by atoms with van der Waals surface area (Å²) in [4.78, 5) is 14.3. The minimum Gasteiger partial charge on any atom is -0.376 e. The van der Waals surface area contributed by atoms with Gasteiger partial charge in [0.2, 0.25) is 0 Å². The van der Waals surface area contributed by atoms with Crippen molar-refractivity contribution in [3.05, 3.63) is 47.3 Å². The largest absolute Gasteiger partial charge is 0.376 e. The molecule has 1 aliphatic rings. The van der Waals surface area contributed by atoms with Crippen molar-refractivity contribution < 1.29 is 9.53 Å². The Bertz CT molecular complexity index is 751. The molecule has 26 heavy (non-hydrogen) atoms. The van der Waals surface area contributed by atoms with Crippen LogP contribution < -0.4 is 5.32 Å². The number of carbonyl (C=O) groups excluding carboxylic acids is 1. The summed E-state index contributed by atoms with van der Waals surface area (Å²) in [6.45, 7) is 7.35. The van der Waals surface area contributed by atoms with Gasteiger partial charge in [-0.2, -0.15) is 5.10 Å². The number of rotatable bonds is 5. The second-order valence-corrected chi connectivity index (χ2v) is 7.04. The molecule has 1 aromatic heterocycles. The van der Waals surface area contributed by atoms with Crippen LogP contribution >= 0.6 is 0 Å². The van der Waals surface area contributed by atoms with E-state index in [1.165, 1.54) is 0 Å². The van der Waals surface area contributed by atoms with Crippen molar-refractivity contribution in [2.75, 3.05) is 13.7 Å². The Hall–Kier alpha value is -2.34. The van der Waals surface area contributed by atoms with Gasteiger partial charge < -0.3 is 15.0 Å². The van der Waals surface area contributed by atoms with Crippen LogP contribution in [0.25, 0.3) is 5.69 Å². The number of para-hydroxylation sites is 1. The van der Waals surface area contributed by atoms with Crippen LogP contribution in [0, 0.1) is 13.8 Å². The zero-order chi connectivity index (χ0) is 18.7. The second kappa shape index (κ2) is 7.91. The number of carbonyl (C=O) groups is 1. The molecule has 6 nitrogen and oxygen atoms in total. The lowest BCUT2D eigenvalue weighted by Gasteiger charge is -2.24. The molecule has 0 bridgehead atoms. The maximum Gasteiger partial charge on any atom is 0.317 e. The van der Waals surface area contributed by atoms with Gasteiger partial charge in [-0.25, -0.2) is 9.48 Å². The fraction of sp³-hybridized carbons (Fsp3) is 0.500. The predicted molar refractivity (Wildman–Crippen MR) is 101 cm³/mol. The summed E-state index contributed by atoms with van der Waals surface area (Å²) in [6, 6.07) is 9.98. The molecule has 2 atom stereocenters. The van der Waals surface area contributed by atoms with Crippen LogP contribution in [-0.2, 0) is 11.3 Å². The first kappa shape index (κ1) is 18.5. The summed E-state index contributed by atoms with van der Waals surface area (Å²) >= 11 is 0. The van der Waals surface area contributed by atoms with Crippen molar-refractivity contribution in [1.29, 1.82) is 0 Å². The number of aryl methyl sites for hydroxylation is 1. The number of amides is 2. The average molecular weight is 356 g/mol. The van der Waals surface area contributed by atoms with Gasteiger partial charge in [0.15, 0.2) is 0 Å². The highest BCUT2D eigenvalue weighted by atomic mass is 16.5. The lowest BCUT2D eigenvalue weighted by molar-refractivity contribution is 0.0838. The highest BCUT2D eigenvalue weighted by Crippen LogP contribution is 2.20. The van der Waals surface area contributed by atoms with E-state index in [0.29, 0.717) is 6.54 Å². The first-order valence-corrected chi connectivity index (χ1v) is 9.21. The van der Waals surface area contributed by atoms with Gasteiger partial charge in [0.1, 0.15) is 0 Å². The van der Waals surface area contributed by atoms with Crippen LogP contribution in [-0.4, -0.2) is 46.5 Å². The molecule has 2 amide bonds. The molecule has 140 valence electrons. The molecule has 1 saturated heterocycles. The molecule has 6 heteroatoms.